The van der Waals surface area contributed by atoms with Crippen molar-refractivity contribution in [1.29, 1.82) is 0 Å². The lowest BCUT2D eigenvalue weighted by Gasteiger charge is -1.93. The van der Waals surface area contributed by atoms with E-state index < -0.39 is 0 Å². The lowest BCUT2D eigenvalue weighted by atomic mass is 10.2. The van der Waals surface area contributed by atoms with Crippen molar-refractivity contribution in [1.82, 2.24) is 14.8 Å². The van der Waals surface area contributed by atoms with E-state index in [9.17, 15) is 0 Å². The number of aryl methyl sites for hydroxylation is 1. The minimum atomic E-state index is 0.426. The molecule has 0 saturated carbocycles. The molecule has 0 aliphatic heterocycles. The van der Waals surface area contributed by atoms with Crippen LogP contribution in [-0.4, -0.2) is 14.8 Å². The highest BCUT2D eigenvalue weighted by atomic mass is 127. The topological polar surface area (TPSA) is 30.7 Å². The van der Waals surface area contributed by atoms with Crippen LogP contribution in [0.2, 0.25) is 0 Å². The maximum Gasteiger partial charge on any atom is 0.189 e. The van der Waals surface area contributed by atoms with Crippen molar-refractivity contribution in [3.63, 3.8) is 0 Å². The molecule has 3 nitrogen and oxygen atoms in total. The van der Waals surface area contributed by atoms with Crippen LogP contribution in [0, 0.1) is 3.83 Å². The third-order valence-corrected chi connectivity index (χ3v) is 2.18. The summed E-state index contributed by atoms with van der Waals surface area (Å²) < 4.78 is 2.73. The van der Waals surface area contributed by atoms with Crippen LogP contribution < -0.4 is 0 Å². The van der Waals surface area contributed by atoms with Gasteiger partial charge in [-0.3, -0.25) is 0 Å². The second-order valence-corrected chi connectivity index (χ2v) is 3.48. The van der Waals surface area contributed by atoms with E-state index in [1.807, 2.05) is 7.05 Å². The summed E-state index contributed by atoms with van der Waals surface area (Å²) in [5.74, 6) is 1.35. The van der Waals surface area contributed by atoms with Gasteiger partial charge in [-0.25, -0.2) is 9.67 Å². The maximum absolute atomic E-state index is 4.25. The number of halogens is 1. The number of aromatic nitrogens is 3. The Balaban J connectivity index is 2.98. The fourth-order valence-corrected chi connectivity index (χ4v) is 0.984. The van der Waals surface area contributed by atoms with Gasteiger partial charge < -0.3 is 0 Å². The van der Waals surface area contributed by atoms with Crippen molar-refractivity contribution < 1.29 is 0 Å². The molecular formula is C6H10IN3. The number of nitrogens with zero attached hydrogens (tertiary/aromatic N) is 3. The largest absolute Gasteiger partial charge is 0.244 e. The van der Waals surface area contributed by atoms with Gasteiger partial charge in [0.25, 0.3) is 0 Å². The molecule has 4 heteroatoms. The summed E-state index contributed by atoms with van der Waals surface area (Å²) in [7, 11) is 1.90. The Hall–Kier alpha value is -0.130. The summed E-state index contributed by atoms with van der Waals surface area (Å²) in [5, 5.41) is 4.21. The lowest BCUT2D eigenvalue weighted by molar-refractivity contribution is 0.701. The molecule has 0 unspecified atom stereocenters. The van der Waals surface area contributed by atoms with Crippen LogP contribution in [0.25, 0.3) is 0 Å². The van der Waals surface area contributed by atoms with Gasteiger partial charge in [-0.05, 0) is 0 Å². The first-order valence-corrected chi connectivity index (χ1v) is 4.25. The first-order chi connectivity index (χ1) is 4.61. The number of rotatable bonds is 1. The number of hydrogen-bond acceptors (Lipinski definition) is 2. The SMILES string of the molecule is CC(C)c1nc(I)n(C)n1. The minimum Gasteiger partial charge on any atom is -0.244 e. The summed E-state index contributed by atoms with van der Waals surface area (Å²) in [6.07, 6.45) is 0. The van der Waals surface area contributed by atoms with E-state index in [1.54, 1.807) is 4.68 Å². The van der Waals surface area contributed by atoms with Crippen LogP contribution in [0.5, 0.6) is 0 Å². The molecule has 0 bridgehead atoms. The van der Waals surface area contributed by atoms with Gasteiger partial charge in [-0.1, -0.05) is 13.8 Å². The predicted octanol–water partition coefficient (Wildman–Crippen LogP) is 1.54. The summed E-state index contributed by atoms with van der Waals surface area (Å²) in [5.41, 5.74) is 0. The average Bonchev–Trinajstić information content (AvgIpc) is 2.13. The second-order valence-electron chi connectivity index (χ2n) is 2.52. The average molecular weight is 251 g/mol. The van der Waals surface area contributed by atoms with Gasteiger partial charge in [0.2, 0.25) is 0 Å². The molecule has 1 aromatic rings. The lowest BCUT2D eigenvalue weighted by Crippen LogP contribution is -1.94. The Kier molecular flexibility index (Phi) is 2.28. The van der Waals surface area contributed by atoms with Crippen molar-refractivity contribution in [2.24, 2.45) is 7.05 Å². The summed E-state index contributed by atoms with van der Waals surface area (Å²) >= 11 is 2.17. The van der Waals surface area contributed by atoms with Gasteiger partial charge in [0.1, 0.15) is 0 Å². The molecule has 1 aromatic heterocycles. The molecule has 0 aliphatic carbocycles. The quantitative estimate of drug-likeness (QED) is 0.709. The highest BCUT2D eigenvalue weighted by Crippen LogP contribution is 2.09. The monoisotopic (exact) mass is 251 g/mol. The molecule has 0 N–H and O–H groups in total. The molecule has 0 saturated heterocycles. The third-order valence-electron chi connectivity index (χ3n) is 1.24. The molecule has 56 valence electrons. The van der Waals surface area contributed by atoms with Crippen molar-refractivity contribution in [3.8, 4) is 0 Å². The fourth-order valence-electron chi connectivity index (χ4n) is 0.629. The molecule has 0 radical (unpaired) electrons. The smallest absolute Gasteiger partial charge is 0.189 e. The molecule has 0 fully saturated rings. The molecule has 10 heavy (non-hydrogen) atoms. The van der Waals surface area contributed by atoms with E-state index in [-0.39, 0.29) is 0 Å². The highest BCUT2D eigenvalue weighted by Gasteiger charge is 2.06. The van der Waals surface area contributed by atoms with E-state index in [1.165, 1.54) is 0 Å². The zero-order chi connectivity index (χ0) is 7.72. The molecule has 1 heterocycles. The summed E-state index contributed by atoms with van der Waals surface area (Å²) in [6, 6.07) is 0. The first-order valence-electron chi connectivity index (χ1n) is 3.17. The maximum atomic E-state index is 4.25. The molecule has 0 aromatic carbocycles. The van der Waals surface area contributed by atoms with Gasteiger partial charge in [0.15, 0.2) is 9.66 Å². The molecule has 0 aliphatic rings. The van der Waals surface area contributed by atoms with Gasteiger partial charge in [-0.15, -0.1) is 0 Å². The zero-order valence-electron chi connectivity index (χ0n) is 6.30. The van der Waals surface area contributed by atoms with E-state index in [0.29, 0.717) is 5.92 Å². The number of hydrogen-bond donors (Lipinski definition) is 0. The Morgan fingerprint density at radius 3 is 2.30 bits per heavy atom. The Labute approximate surface area is 74.0 Å². The van der Waals surface area contributed by atoms with Crippen molar-refractivity contribution in [2.75, 3.05) is 0 Å². The standard InChI is InChI=1S/C6H10IN3/c1-4(2)5-8-6(7)10(3)9-5/h4H,1-3H3. The normalized spacial score (nSPS) is 10.9. The van der Waals surface area contributed by atoms with Crippen LogP contribution in [0.4, 0.5) is 0 Å². The van der Waals surface area contributed by atoms with E-state index >= 15 is 0 Å². The zero-order valence-corrected chi connectivity index (χ0v) is 8.45. The van der Waals surface area contributed by atoms with E-state index in [0.717, 1.165) is 9.66 Å². The van der Waals surface area contributed by atoms with Crippen LogP contribution >= 0.6 is 22.6 Å². The fraction of sp³-hybridized carbons (Fsp3) is 0.667. The first kappa shape index (κ1) is 7.97. The summed E-state index contributed by atoms with van der Waals surface area (Å²) in [4.78, 5) is 4.25. The van der Waals surface area contributed by atoms with Crippen molar-refractivity contribution in [2.45, 2.75) is 19.8 Å². The van der Waals surface area contributed by atoms with Gasteiger partial charge in [0, 0.05) is 35.6 Å². The van der Waals surface area contributed by atoms with E-state index in [2.05, 4.69) is 46.5 Å². The Morgan fingerprint density at radius 2 is 2.10 bits per heavy atom. The van der Waals surface area contributed by atoms with Crippen LogP contribution in [0.3, 0.4) is 0 Å². The molecular weight excluding hydrogens is 241 g/mol. The Bertz CT molecular complexity index is 209. The van der Waals surface area contributed by atoms with E-state index in [4.69, 9.17) is 0 Å². The second kappa shape index (κ2) is 2.86. The Morgan fingerprint density at radius 1 is 1.50 bits per heavy atom. The summed E-state index contributed by atoms with van der Waals surface area (Å²) in [6.45, 7) is 4.18. The van der Waals surface area contributed by atoms with Crippen molar-refractivity contribution >= 4 is 22.6 Å². The van der Waals surface area contributed by atoms with Crippen LogP contribution in [-0.2, 0) is 7.05 Å². The minimum absolute atomic E-state index is 0.426. The van der Waals surface area contributed by atoms with Crippen LogP contribution in [0.15, 0.2) is 0 Å². The highest BCUT2D eigenvalue weighted by molar-refractivity contribution is 14.1. The molecule has 0 amide bonds. The van der Waals surface area contributed by atoms with Gasteiger partial charge in [-0.2, -0.15) is 5.10 Å². The van der Waals surface area contributed by atoms with Crippen molar-refractivity contribution in [3.05, 3.63) is 9.66 Å². The van der Waals surface area contributed by atoms with Crippen LogP contribution in [0.1, 0.15) is 25.6 Å². The van der Waals surface area contributed by atoms with Gasteiger partial charge in [0.05, 0.1) is 0 Å². The third kappa shape index (κ3) is 1.47. The van der Waals surface area contributed by atoms with Gasteiger partial charge >= 0.3 is 0 Å². The molecule has 0 spiro atoms. The molecule has 0 atom stereocenters. The predicted molar refractivity (Wildman–Crippen MR) is 47.8 cm³/mol. The molecule has 1 rings (SSSR count).